The summed E-state index contributed by atoms with van der Waals surface area (Å²) in [5.41, 5.74) is 5.93. The summed E-state index contributed by atoms with van der Waals surface area (Å²) in [5.74, 6) is 1.64. The van der Waals surface area contributed by atoms with Crippen LogP contribution in [0.4, 0.5) is 5.69 Å². The minimum atomic E-state index is 0.0766. The molecule has 4 heteroatoms. The first-order chi connectivity index (χ1) is 17.7. The number of rotatable bonds is 7. The van der Waals surface area contributed by atoms with Crippen LogP contribution in [0.25, 0.3) is 10.8 Å². The summed E-state index contributed by atoms with van der Waals surface area (Å²) < 4.78 is 12.2. The average molecular weight is 476 g/mol. The topological polar surface area (TPSA) is 38.8 Å². The molecule has 0 heterocycles. The minimum absolute atomic E-state index is 0.0766. The number of hydrogen-bond acceptors (Lipinski definition) is 4. The van der Waals surface area contributed by atoms with Gasteiger partial charge in [-0.25, -0.2) is 0 Å². The Bertz CT molecular complexity index is 1450. The van der Waals surface area contributed by atoms with Crippen molar-refractivity contribution in [2.24, 2.45) is 0 Å². The normalized spacial score (nSPS) is 15.1. The number of ether oxygens (including phenoxy) is 2. The van der Waals surface area contributed by atoms with E-state index in [9.17, 15) is 4.79 Å². The van der Waals surface area contributed by atoms with Crippen LogP contribution in [0.5, 0.6) is 11.5 Å². The van der Waals surface area contributed by atoms with Crippen molar-refractivity contribution >= 4 is 22.2 Å². The molecule has 0 atom stereocenters. The smallest absolute Gasteiger partial charge is 0.163 e. The van der Waals surface area contributed by atoms with Crippen molar-refractivity contribution in [1.82, 2.24) is 0 Å². The van der Waals surface area contributed by atoms with Gasteiger partial charge < -0.3 is 14.4 Å². The van der Waals surface area contributed by atoms with Crippen molar-refractivity contribution in [2.75, 3.05) is 12.0 Å². The molecular formula is C32H29NO3. The van der Waals surface area contributed by atoms with Gasteiger partial charge >= 0.3 is 0 Å². The first-order valence-electron chi connectivity index (χ1n) is 12.6. The molecule has 0 spiro atoms. The maximum atomic E-state index is 12.2. The predicted octanol–water partition coefficient (Wildman–Crippen LogP) is 6.65. The molecule has 180 valence electrons. The fraction of sp³-hybridized carbons (Fsp3) is 0.219. The number of anilines is 1. The lowest BCUT2D eigenvalue weighted by Gasteiger charge is -2.27. The highest BCUT2D eigenvalue weighted by atomic mass is 16.5. The number of benzene rings is 4. The first kappa shape index (κ1) is 22.4. The average Bonchev–Trinajstić information content (AvgIpc) is 3.52. The molecule has 0 amide bonds. The number of ketones is 1. The van der Waals surface area contributed by atoms with Gasteiger partial charge in [-0.3, -0.25) is 4.79 Å². The van der Waals surface area contributed by atoms with Gasteiger partial charge in [0.05, 0.1) is 7.11 Å². The van der Waals surface area contributed by atoms with Crippen LogP contribution in [0.3, 0.4) is 0 Å². The molecule has 2 aliphatic rings. The van der Waals surface area contributed by atoms with E-state index in [2.05, 4.69) is 83.8 Å². The zero-order valence-electron chi connectivity index (χ0n) is 20.4. The number of nitrogens with zero attached hydrogens (tertiary/aromatic N) is 1. The van der Waals surface area contributed by atoms with E-state index in [4.69, 9.17) is 9.47 Å². The summed E-state index contributed by atoms with van der Waals surface area (Å²) in [6.45, 7) is 0.671. The Hall–Kier alpha value is -4.05. The summed E-state index contributed by atoms with van der Waals surface area (Å²) in [5, 5.41) is 2.44. The molecule has 0 saturated carbocycles. The van der Waals surface area contributed by atoms with Crippen LogP contribution in [0, 0.1) is 0 Å². The zero-order chi connectivity index (χ0) is 24.5. The van der Waals surface area contributed by atoms with E-state index < -0.39 is 0 Å². The fourth-order valence-corrected chi connectivity index (χ4v) is 5.38. The Kier molecular flexibility index (Phi) is 5.94. The number of carbonyl (C=O) groups is 1. The molecule has 4 nitrogen and oxygen atoms in total. The Balaban J connectivity index is 1.32. The number of carbonyl (C=O) groups excluding carboxylic acids is 1. The second-order valence-corrected chi connectivity index (χ2v) is 9.62. The summed E-state index contributed by atoms with van der Waals surface area (Å²) in [4.78, 5) is 14.4. The number of methoxy groups -OCH3 is 1. The molecule has 0 saturated heterocycles. The van der Waals surface area contributed by atoms with Gasteiger partial charge in [-0.15, -0.1) is 0 Å². The van der Waals surface area contributed by atoms with Gasteiger partial charge in [-0.05, 0) is 52.1 Å². The number of hydrogen-bond donors (Lipinski definition) is 0. The lowest BCUT2D eigenvalue weighted by molar-refractivity contribution is -0.114. The predicted molar refractivity (Wildman–Crippen MR) is 144 cm³/mol. The Morgan fingerprint density at radius 3 is 2.28 bits per heavy atom. The highest BCUT2D eigenvalue weighted by Gasteiger charge is 2.25. The first-order valence-corrected chi connectivity index (χ1v) is 12.6. The van der Waals surface area contributed by atoms with Crippen molar-refractivity contribution in [3.63, 3.8) is 0 Å². The van der Waals surface area contributed by atoms with Crippen molar-refractivity contribution in [2.45, 2.75) is 38.3 Å². The van der Waals surface area contributed by atoms with Crippen LogP contribution in [0.1, 0.15) is 29.5 Å². The summed E-state index contributed by atoms with van der Waals surface area (Å²) >= 11 is 0. The molecule has 0 aromatic heterocycles. The van der Waals surface area contributed by atoms with Crippen LogP contribution in [-0.4, -0.2) is 19.0 Å². The Labute approximate surface area is 211 Å². The second-order valence-electron chi connectivity index (χ2n) is 9.62. The summed E-state index contributed by atoms with van der Waals surface area (Å²) in [7, 11) is 1.68. The second kappa shape index (κ2) is 9.54. The number of allylic oxidation sites excluding steroid dienone is 2. The highest BCUT2D eigenvalue weighted by Crippen LogP contribution is 2.38. The molecule has 0 unspecified atom stereocenters. The van der Waals surface area contributed by atoms with E-state index in [1.165, 1.54) is 27.5 Å². The van der Waals surface area contributed by atoms with Gasteiger partial charge in [0.25, 0.3) is 0 Å². The molecule has 0 fully saturated rings. The molecule has 4 aromatic rings. The van der Waals surface area contributed by atoms with E-state index in [-0.39, 0.29) is 11.9 Å². The van der Waals surface area contributed by atoms with Crippen LogP contribution in [0.15, 0.2) is 96.7 Å². The van der Waals surface area contributed by atoms with Crippen LogP contribution >= 0.6 is 0 Å². The standard InChI is InChI=1S/C32H29NO3/c1-35-31-15-13-28(20-32(31)36-30-17-25-8-4-5-9-26(25)18-30)33(27-12-14-29(34)19-27)21-22-10-11-23-6-2-3-7-24(23)16-22/h2-11,13,15-16,19-20,30H,12,14,17-18,21H2,1H3. The van der Waals surface area contributed by atoms with E-state index in [0.29, 0.717) is 13.0 Å². The lowest BCUT2D eigenvalue weighted by atomic mass is 10.1. The van der Waals surface area contributed by atoms with Gasteiger partial charge in [-0.1, -0.05) is 60.7 Å². The van der Waals surface area contributed by atoms with Crippen molar-refractivity contribution in [3.05, 3.63) is 113 Å². The monoisotopic (exact) mass is 475 g/mol. The maximum absolute atomic E-state index is 12.2. The summed E-state index contributed by atoms with van der Waals surface area (Å²) in [6, 6.07) is 29.6. The number of fused-ring (bicyclic) bond motifs is 2. The van der Waals surface area contributed by atoms with Gasteiger partial charge in [0.15, 0.2) is 17.3 Å². The molecule has 0 radical (unpaired) electrons. The molecule has 0 aliphatic heterocycles. The lowest BCUT2D eigenvalue weighted by Crippen LogP contribution is -2.22. The SMILES string of the molecule is COc1ccc(N(Cc2ccc3ccccc3c2)C2=CC(=O)CC2)cc1OC1Cc2ccccc2C1. The van der Waals surface area contributed by atoms with Crippen LogP contribution < -0.4 is 14.4 Å². The minimum Gasteiger partial charge on any atom is -0.493 e. The van der Waals surface area contributed by atoms with Gasteiger partial charge in [0.1, 0.15) is 6.10 Å². The Morgan fingerprint density at radius 1 is 0.806 bits per heavy atom. The summed E-state index contributed by atoms with van der Waals surface area (Å²) in [6.07, 6.45) is 4.96. The molecule has 6 rings (SSSR count). The van der Waals surface area contributed by atoms with Gasteiger partial charge in [-0.2, -0.15) is 0 Å². The molecule has 36 heavy (non-hydrogen) atoms. The third-order valence-electron chi connectivity index (χ3n) is 7.22. The molecular weight excluding hydrogens is 446 g/mol. The third-order valence-corrected chi connectivity index (χ3v) is 7.22. The largest absolute Gasteiger partial charge is 0.493 e. The zero-order valence-corrected chi connectivity index (χ0v) is 20.4. The van der Waals surface area contributed by atoms with E-state index in [0.717, 1.165) is 42.1 Å². The molecule has 4 aromatic carbocycles. The molecule has 0 N–H and O–H groups in total. The fourth-order valence-electron chi connectivity index (χ4n) is 5.38. The molecule has 0 bridgehead atoms. The highest BCUT2D eigenvalue weighted by molar-refractivity contribution is 5.94. The quantitative estimate of drug-likeness (QED) is 0.300. The van der Waals surface area contributed by atoms with Crippen molar-refractivity contribution in [3.8, 4) is 11.5 Å². The van der Waals surface area contributed by atoms with E-state index >= 15 is 0 Å². The van der Waals surface area contributed by atoms with Crippen molar-refractivity contribution in [1.29, 1.82) is 0 Å². The van der Waals surface area contributed by atoms with Crippen LogP contribution in [0.2, 0.25) is 0 Å². The van der Waals surface area contributed by atoms with Crippen LogP contribution in [-0.2, 0) is 24.2 Å². The van der Waals surface area contributed by atoms with Gasteiger partial charge in [0.2, 0.25) is 0 Å². The van der Waals surface area contributed by atoms with Crippen molar-refractivity contribution < 1.29 is 14.3 Å². The van der Waals surface area contributed by atoms with E-state index in [1.807, 2.05) is 6.07 Å². The maximum Gasteiger partial charge on any atom is 0.163 e. The molecule has 2 aliphatic carbocycles. The Morgan fingerprint density at radius 2 is 1.56 bits per heavy atom. The van der Waals surface area contributed by atoms with Gasteiger partial charge in [0, 0.05) is 49.3 Å². The third kappa shape index (κ3) is 4.47. The van der Waals surface area contributed by atoms with E-state index in [1.54, 1.807) is 13.2 Å².